The van der Waals surface area contributed by atoms with Crippen molar-refractivity contribution in [3.63, 3.8) is 0 Å². The number of aryl methyl sites for hydroxylation is 1. The Morgan fingerprint density at radius 3 is 2.20 bits per heavy atom. The van der Waals surface area contributed by atoms with Gasteiger partial charge in [-0.1, -0.05) is 66.7 Å². The van der Waals surface area contributed by atoms with Crippen LogP contribution in [0.5, 0.6) is 0 Å². The average molecular weight is 561 g/mol. The van der Waals surface area contributed by atoms with Gasteiger partial charge in [-0.15, -0.1) is 0 Å². The number of amides is 1. The molecule has 2 fully saturated rings. The van der Waals surface area contributed by atoms with Crippen molar-refractivity contribution in [3.8, 4) is 11.1 Å². The molecule has 0 aromatic heterocycles. The lowest BCUT2D eigenvalue weighted by molar-refractivity contribution is -0.145. The third-order valence-corrected chi connectivity index (χ3v) is 9.18. The summed E-state index contributed by atoms with van der Waals surface area (Å²) in [6.07, 6.45) is 3.83. The highest BCUT2D eigenvalue weighted by molar-refractivity contribution is 7.83. The maximum atomic E-state index is 13.5. The number of carbonyl (C=O) groups excluding carboxylic acids is 1. The number of benzene rings is 3. The minimum atomic E-state index is -1.33. The first-order valence-electron chi connectivity index (χ1n) is 14.0. The first-order valence-corrected chi connectivity index (χ1v) is 15.1. The van der Waals surface area contributed by atoms with Crippen molar-refractivity contribution in [2.75, 3.05) is 19.8 Å². The zero-order chi connectivity index (χ0) is 27.9. The number of ether oxygens (including phenoxy) is 1. The van der Waals surface area contributed by atoms with Gasteiger partial charge in [-0.05, 0) is 66.5 Å². The van der Waals surface area contributed by atoms with Gasteiger partial charge in [-0.25, -0.2) is 8.93 Å². The lowest BCUT2D eigenvalue weighted by Crippen LogP contribution is -2.47. The van der Waals surface area contributed by atoms with E-state index >= 15 is 0 Å². The fraction of sp³-hybridized carbons (Fsp3) is 0.375. The Labute approximate surface area is 238 Å². The number of nitrogens with zero attached hydrogens (tertiary/aromatic N) is 1. The summed E-state index contributed by atoms with van der Waals surface area (Å²) in [5.74, 6) is -0.597. The summed E-state index contributed by atoms with van der Waals surface area (Å²) in [4.78, 5) is 27.0. The van der Waals surface area contributed by atoms with E-state index in [2.05, 4.69) is 16.9 Å². The lowest BCUT2D eigenvalue weighted by atomic mass is 9.85. The van der Waals surface area contributed by atoms with Crippen molar-refractivity contribution in [2.45, 2.75) is 55.5 Å². The van der Waals surface area contributed by atoms with Gasteiger partial charge in [-0.2, -0.15) is 0 Å². The molecule has 1 aliphatic carbocycles. The normalized spacial score (nSPS) is 22.0. The highest BCUT2D eigenvalue weighted by Crippen LogP contribution is 2.32. The second-order valence-electron chi connectivity index (χ2n) is 10.6. The van der Waals surface area contributed by atoms with Crippen molar-refractivity contribution in [2.24, 2.45) is 5.92 Å². The van der Waals surface area contributed by atoms with Gasteiger partial charge in [0, 0.05) is 24.9 Å². The van der Waals surface area contributed by atoms with Crippen LogP contribution < -0.4 is 4.72 Å². The van der Waals surface area contributed by atoms with Crippen LogP contribution in [0, 0.1) is 5.92 Å². The Kier molecular flexibility index (Phi) is 9.41. The Hall–Kier alpha value is -3.33. The van der Waals surface area contributed by atoms with Gasteiger partial charge in [0.1, 0.15) is 11.0 Å². The molecule has 2 N–H and O–H groups in total. The fourth-order valence-electron chi connectivity index (χ4n) is 5.62. The summed E-state index contributed by atoms with van der Waals surface area (Å²) >= 11 is 0. The van der Waals surface area contributed by atoms with Crippen molar-refractivity contribution in [1.82, 2.24) is 9.62 Å². The van der Waals surface area contributed by atoms with Gasteiger partial charge in [0.2, 0.25) is 5.91 Å². The summed E-state index contributed by atoms with van der Waals surface area (Å²) in [7, 11) is -1.33. The first-order chi connectivity index (χ1) is 19.5. The van der Waals surface area contributed by atoms with Gasteiger partial charge >= 0.3 is 5.97 Å². The van der Waals surface area contributed by atoms with Crippen LogP contribution in [-0.2, 0) is 31.7 Å². The van der Waals surface area contributed by atoms with Gasteiger partial charge in [0.25, 0.3) is 0 Å². The van der Waals surface area contributed by atoms with Gasteiger partial charge in [-0.3, -0.25) is 9.59 Å². The molecule has 1 heterocycles. The standard InChI is InChI=1S/C32H36N2O5S/c35-31(36)19-8-23-6-9-24(10-7-23)25-13-17-29(18-14-25)40(38)33-28-15-11-27(12-16-28)32(37)34-20-21-39-22-30(34)26-4-2-1-3-5-26/h1-7,9-10,13-14,17-18,27-28,30,33H,8,11-12,15-16,19-22H2,(H,35,36). The number of hydrogen-bond acceptors (Lipinski definition) is 4. The number of carboxylic acids is 1. The third-order valence-electron chi connectivity index (χ3n) is 7.93. The van der Waals surface area contributed by atoms with E-state index < -0.39 is 17.0 Å². The molecule has 0 radical (unpaired) electrons. The maximum Gasteiger partial charge on any atom is 0.303 e. The SMILES string of the molecule is O=C(O)CCc1ccc(-c2ccc(S(=O)NC3CCC(C(=O)N4CCOCC4c4ccccc4)CC3)cc2)cc1. The highest BCUT2D eigenvalue weighted by Gasteiger charge is 2.35. The van der Waals surface area contributed by atoms with Crippen LogP contribution in [-0.4, -0.2) is 51.9 Å². The number of rotatable bonds is 9. The van der Waals surface area contributed by atoms with Crippen LogP contribution in [0.4, 0.5) is 0 Å². The lowest BCUT2D eigenvalue weighted by Gasteiger charge is -2.39. The van der Waals surface area contributed by atoms with Crippen molar-refractivity contribution in [1.29, 1.82) is 0 Å². The number of nitrogens with one attached hydrogen (secondary N) is 1. The molecule has 210 valence electrons. The van der Waals surface area contributed by atoms with E-state index in [1.807, 2.05) is 71.6 Å². The zero-order valence-corrected chi connectivity index (χ0v) is 23.4. The Bertz CT molecular complexity index is 1310. The molecule has 7 nitrogen and oxygen atoms in total. The van der Waals surface area contributed by atoms with Crippen LogP contribution in [0.25, 0.3) is 11.1 Å². The summed E-state index contributed by atoms with van der Waals surface area (Å²) < 4.78 is 22.0. The summed E-state index contributed by atoms with van der Waals surface area (Å²) in [6.45, 7) is 1.72. The molecule has 3 aromatic carbocycles. The third kappa shape index (κ3) is 7.05. The molecule has 5 rings (SSSR count). The highest BCUT2D eigenvalue weighted by atomic mass is 32.2. The van der Waals surface area contributed by atoms with Gasteiger partial charge in [0.05, 0.1) is 24.2 Å². The average Bonchev–Trinajstić information content (AvgIpc) is 3.01. The molecule has 1 amide bonds. The number of carbonyl (C=O) groups is 2. The van der Waals surface area contributed by atoms with Crippen molar-refractivity contribution in [3.05, 3.63) is 90.0 Å². The Morgan fingerprint density at radius 1 is 0.900 bits per heavy atom. The van der Waals surface area contributed by atoms with Crippen LogP contribution in [0.15, 0.2) is 83.8 Å². The van der Waals surface area contributed by atoms with Crippen LogP contribution in [0.3, 0.4) is 0 Å². The fourth-order valence-corrected chi connectivity index (χ4v) is 6.67. The smallest absolute Gasteiger partial charge is 0.303 e. The number of hydrogen-bond donors (Lipinski definition) is 2. The molecule has 1 aliphatic heterocycles. The van der Waals surface area contributed by atoms with Crippen molar-refractivity contribution >= 4 is 22.9 Å². The molecule has 8 heteroatoms. The number of morpholine rings is 1. The van der Waals surface area contributed by atoms with Crippen LogP contribution in [0.1, 0.15) is 49.3 Å². The van der Waals surface area contributed by atoms with E-state index in [4.69, 9.17) is 9.84 Å². The minimum Gasteiger partial charge on any atom is -0.481 e. The second kappa shape index (κ2) is 13.4. The number of carboxylic acid groups (broad SMARTS) is 1. The van der Waals surface area contributed by atoms with E-state index in [1.165, 1.54) is 0 Å². The van der Waals surface area contributed by atoms with Crippen molar-refractivity contribution < 1.29 is 23.6 Å². The maximum absolute atomic E-state index is 13.5. The van der Waals surface area contributed by atoms with Crippen LogP contribution in [0.2, 0.25) is 0 Å². The summed E-state index contributed by atoms with van der Waals surface area (Å²) in [6, 6.07) is 25.7. The van der Waals surface area contributed by atoms with E-state index in [1.54, 1.807) is 0 Å². The quantitative estimate of drug-likeness (QED) is 0.378. The molecule has 40 heavy (non-hydrogen) atoms. The molecule has 0 spiro atoms. The summed E-state index contributed by atoms with van der Waals surface area (Å²) in [5.41, 5.74) is 4.15. The predicted octanol–water partition coefficient (Wildman–Crippen LogP) is 5.14. The predicted molar refractivity (Wildman–Crippen MR) is 155 cm³/mol. The van der Waals surface area contributed by atoms with E-state index in [0.717, 1.165) is 52.8 Å². The molecule has 1 saturated heterocycles. The Balaban J connectivity index is 1.12. The first kappa shape index (κ1) is 28.2. The molecular weight excluding hydrogens is 524 g/mol. The number of aliphatic carboxylic acids is 1. The molecule has 2 unspecified atom stereocenters. The van der Waals surface area contributed by atoms with E-state index in [0.29, 0.717) is 26.2 Å². The monoisotopic (exact) mass is 560 g/mol. The topological polar surface area (TPSA) is 95.9 Å². The van der Waals surface area contributed by atoms with E-state index in [-0.39, 0.29) is 30.3 Å². The zero-order valence-electron chi connectivity index (χ0n) is 22.5. The minimum absolute atomic E-state index is 0.00871. The molecule has 2 aliphatic rings. The molecule has 0 bridgehead atoms. The molecule has 3 aromatic rings. The largest absolute Gasteiger partial charge is 0.481 e. The molecular formula is C32H36N2O5S. The summed E-state index contributed by atoms with van der Waals surface area (Å²) in [5, 5.41) is 8.86. The van der Waals surface area contributed by atoms with Gasteiger partial charge < -0.3 is 14.7 Å². The van der Waals surface area contributed by atoms with Gasteiger partial charge in [0.15, 0.2) is 0 Å². The van der Waals surface area contributed by atoms with E-state index in [9.17, 15) is 13.8 Å². The second-order valence-corrected chi connectivity index (χ2v) is 11.8. The Morgan fingerprint density at radius 2 is 1.55 bits per heavy atom. The van der Waals surface area contributed by atoms with Crippen LogP contribution >= 0.6 is 0 Å². The molecule has 1 saturated carbocycles. The molecule has 2 atom stereocenters.